The Morgan fingerprint density at radius 2 is 1.88 bits per heavy atom. The normalized spacial score (nSPS) is 9.80. The Morgan fingerprint density at radius 1 is 1.12 bits per heavy atom. The zero-order valence-corrected chi connectivity index (χ0v) is 14.0. The summed E-state index contributed by atoms with van der Waals surface area (Å²) in [5, 5.41) is 11.6. The Kier molecular flexibility index (Phi) is 6.13. The molecule has 6 heteroatoms. The number of para-hydroxylation sites is 1. The lowest BCUT2D eigenvalue weighted by molar-refractivity contribution is -0.118. The third kappa shape index (κ3) is 4.82. The third-order valence-electron chi connectivity index (χ3n) is 3.31. The van der Waals surface area contributed by atoms with Gasteiger partial charge in [0.25, 0.3) is 5.91 Å². The van der Waals surface area contributed by atoms with Crippen molar-refractivity contribution in [1.29, 1.82) is 5.26 Å². The highest BCUT2D eigenvalue weighted by molar-refractivity contribution is 6.03. The number of Topliss-reactive ketones (excluding diaryl/α,β-unsaturated/α-hetero) is 1. The maximum atomic E-state index is 12.1. The number of amides is 1. The maximum absolute atomic E-state index is 12.1. The van der Waals surface area contributed by atoms with Crippen LogP contribution in [0.5, 0.6) is 11.5 Å². The molecule has 0 aromatic heterocycles. The number of rotatable bonds is 7. The summed E-state index contributed by atoms with van der Waals surface area (Å²) >= 11 is 0. The van der Waals surface area contributed by atoms with E-state index in [1.54, 1.807) is 42.5 Å². The SMILES string of the molecule is CCOc1cc(C#N)ccc1OCC(=O)Nc1ccccc1C(C)=O. The smallest absolute Gasteiger partial charge is 0.262 e. The van der Waals surface area contributed by atoms with Gasteiger partial charge in [-0.25, -0.2) is 0 Å². The summed E-state index contributed by atoms with van der Waals surface area (Å²) in [6.07, 6.45) is 0. The van der Waals surface area contributed by atoms with E-state index in [0.717, 1.165) is 0 Å². The van der Waals surface area contributed by atoms with Gasteiger partial charge in [-0.2, -0.15) is 5.26 Å². The van der Waals surface area contributed by atoms with Crippen molar-refractivity contribution in [3.8, 4) is 17.6 Å². The first kappa shape index (κ1) is 18.0. The number of hydrogen-bond acceptors (Lipinski definition) is 5. The number of benzene rings is 2. The molecule has 0 aliphatic heterocycles. The second-order valence-electron chi connectivity index (χ2n) is 5.14. The number of nitrogens with zero attached hydrogens (tertiary/aromatic N) is 1. The van der Waals surface area contributed by atoms with E-state index in [-0.39, 0.29) is 12.4 Å². The van der Waals surface area contributed by atoms with E-state index in [4.69, 9.17) is 14.7 Å². The zero-order valence-electron chi connectivity index (χ0n) is 14.0. The molecule has 0 radical (unpaired) electrons. The summed E-state index contributed by atoms with van der Waals surface area (Å²) in [6, 6.07) is 13.5. The molecule has 2 aromatic rings. The molecule has 25 heavy (non-hydrogen) atoms. The van der Waals surface area contributed by atoms with Gasteiger partial charge in [-0.3, -0.25) is 9.59 Å². The lowest BCUT2D eigenvalue weighted by Crippen LogP contribution is -2.21. The molecule has 0 saturated carbocycles. The van der Waals surface area contributed by atoms with E-state index in [1.807, 2.05) is 13.0 Å². The van der Waals surface area contributed by atoms with Crippen LogP contribution in [0.4, 0.5) is 5.69 Å². The highest BCUT2D eigenvalue weighted by Gasteiger charge is 2.12. The van der Waals surface area contributed by atoms with E-state index >= 15 is 0 Å². The second-order valence-corrected chi connectivity index (χ2v) is 5.14. The van der Waals surface area contributed by atoms with Crippen molar-refractivity contribution < 1.29 is 19.1 Å². The van der Waals surface area contributed by atoms with Crippen molar-refractivity contribution in [3.05, 3.63) is 53.6 Å². The molecular formula is C19H18N2O4. The number of ether oxygens (including phenoxy) is 2. The van der Waals surface area contributed by atoms with Crippen LogP contribution in [0, 0.1) is 11.3 Å². The van der Waals surface area contributed by atoms with E-state index in [0.29, 0.717) is 34.9 Å². The molecular weight excluding hydrogens is 320 g/mol. The van der Waals surface area contributed by atoms with Crippen LogP contribution in [0.1, 0.15) is 29.8 Å². The van der Waals surface area contributed by atoms with Crippen LogP contribution in [-0.4, -0.2) is 24.9 Å². The summed E-state index contributed by atoms with van der Waals surface area (Å²) in [7, 11) is 0. The van der Waals surface area contributed by atoms with Crippen molar-refractivity contribution in [2.75, 3.05) is 18.5 Å². The summed E-state index contributed by atoms with van der Waals surface area (Å²) in [5.74, 6) is 0.234. The number of nitriles is 1. The Bertz CT molecular complexity index is 824. The summed E-state index contributed by atoms with van der Waals surface area (Å²) in [5.41, 5.74) is 1.31. The number of nitrogens with one attached hydrogen (secondary N) is 1. The fourth-order valence-electron chi connectivity index (χ4n) is 2.19. The number of carbonyl (C=O) groups is 2. The molecule has 2 rings (SSSR count). The quantitative estimate of drug-likeness (QED) is 0.783. The zero-order chi connectivity index (χ0) is 18.2. The topological polar surface area (TPSA) is 88.4 Å². The van der Waals surface area contributed by atoms with Gasteiger partial charge < -0.3 is 14.8 Å². The van der Waals surface area contributed by atoms with Crippen molar-refractivity contribution in [2.45, 2.75) is 13.8 Å². The van der Waals surface area contributed by atoms with Crippen LogP contribution in [0.2, 0.25) is 0 Å². The van der Waals surface area contributed by atoms with Crippen LogP contribution < -0.4 is 14.8 Å². The molecule has 0 aliphatic rings. The van der Waals surface area contributed by atoms with Crippen molar-refractivity contribution in [2.24, 2.45) is 0 Å². The molecule has 0 unspecified atom stereocenters. The van der Waals surface area contributed by atoms with Crippen LogP contribution in [0.3, 0.4) is 0 Å². The summed E-state index contributed by atoms with van der Waals surface area (Å²) in [4.78, 5) is 23.7. The van der Waals surface area contributed by atoms with E-state index in [1.165, 1.54) is 6.92 Å². The molecule has 0 bridgehead atoms. The highest BCUT2D eigenvalue weighted by atomic mass is 16.5. The molecule has 0 heterocycles. The lowest BCUT2D eigenvalue weighted by atomic mass is 10.1. The van der Waals surface area contributed by atoms with Gasteiger partial charge in [0, 0.05) is 11.6 Å². The van der Waals surface area contributed by atoms with Gasteiger partial charge in [0.15, 0.2) is 23.9 Å². The molecule has 0 saturated heterocycles. The van der Waals surface area contributed by atoms with Crippen LogP contribution >= 0.6 is 0 Å². The number of anilines is 1. The summed E-state index contributed by atoms with van der Waals surface area (Å²) < 4.78 is 10.9. The van der Waals surface area contributed by atoms with Crippen LogP contribution in [0.15, 0.2) is 42.5 Å². The van der Waals surface area contributed by atoms with Gasteiger partial charge in [0.05, 0.1) is 23.9 Å². The Hall–Kier alpha value is -3.33. The van der Waals surface area contributed by atoms with Crippen molar-refractivity contribution in [1.82, 2.24) is 0 Å². The standard InChI is InChI=1S/C19H18N2O4/c1-3-24-18-10-14(11-20)8-9-17(18)25-12-19(23)21-16-7-5-4-6-15(16)13(2)22/h4-10H,3,12H2,1-2H3,(H,21,23). The predicted octanol–water partition coefficient (Wildman–Crippen LogP) is 3.18. The molecule has 2 aromatic carbocycles. The average Bonchev–Trinajstić information content (AvgIpc) is 2.61. The Balaban J connectivity index is 2.06. The molecule has 0 fully saturated rings. The number of hydrogen-bond donors (Lipinski definition) is 1. The molecule has 1 amide bonds. The van der Waals surface area contributed by atoms with Crippen molar-refractivity contribution in [3.63, 3.8) is 0 Å². The first-order valence-corrected chi connectivity index (χ1v) is 7.74. The molecule has 0 aliphatic carbocycles. The first-order chi connectivity index (χ1) is 12.0. The highest BCUT2D eigenvalue weighted by Crippen LogP contribution is 2.28. The van der Waals surface area contributed by atoms with Crippen LogP contribution in [-0.2, 0) is 4.79 Å². The molecule has 0 spiro atoms. The lowest BCUT2D eigenvalue weighted by Gasteiger charge is -2.13. The minimum Gasteiger partial charge on any atom is -0.490 e. The second kappa shape index (κ2) is 8.50. The monoisotopic (exact) mass is 338 g/mol. The Labute approximate surface area is 146 Å². The molecule has 1 N–H and O–H groups in total. The minimum absolute atomic E-state index is 0.137. The molecule has 128 valence electrons. The molecule has 0 atom stereocenters. The fraction of sp³-hybridized carbons (Fsp3) is 0.211. The number of carbonyl (C=O) groups excluding carboxylic acids is 2. The predicted molar refractivity (Wildman–Crippen MR) is 92.9 cm³/mol. The van der Waals surface area contributed by atoms with Gasteiger partial charge in [0.2, 0.25) is 0 Å². The average molecular weight is 338 g/mol. The third-order valence-corrected chi connectivity index (χ3v) is 3.31. The number of ketones is 1. The van der Waals surface area contributed by atoms with Gasteiger partial charge in [-0.15, -0.1) is 0 Å². The van der Waals surface area contributed by atoms with Crippen molar-refractivity contribution >= 4 is 17.4 Å². The summed E-state index contributed by atoms with van der Waals surface area (Å²) in [6.45, 7) is 3.41. The fourth-order valence-corrected chi connectivity index (χ4v) is 2.19. The largest absolute Gasteiger partial charge is 0.490 e. The maximum Gasteiger partial charge on any atom is 0.262 e. The van der Waals surface area contributed by atoms with Gasteiger partial charge in [-0.1, -0.05) is 12.1 Å². The van der Waals surface area contributed by atoms with E-state index in [9.17, 15) is 9.59 Å². The first-order valence-electron chi connectivity index (χ1n) is 7.74. The van der Waals surface area contributed by atoms with Gasteiger partial charge in [0.1, 0.15) is 0 Å². The van der Waals surface area contributed by atoms with Crippen LogP contribution in [0.25, 0.3) is 0 Å². The minimum atomic E-state index is -0.402. The Morgan fingerprint density at radius 3 is 2.56 bits per heavy atom. The van der Waals surface area contributed by atoms with Gasteiger partial charge in [-0.05, 0) is 38.1 Å². The van der Waals surface area contributed by atoms with Gasteiger partial charge >= 0.3 is 0 Å². The van der Waals surface area contributed by atoms with E-state index in [2.05, 4.69) is 5.32 Å². The van der Waals surface area contributed by atoms with E-state index < -0.39 is 5.91 Å². The molecule has 6 nitrogen and oxygen atoms in total.